The summed E-state index contributed by atoms with van der Waals surface area (Å²) in [5, 5.41) is 9.03. The number of carbonyl (C=O) groups is 2. The lowest BCUT2D eigenvalue weighted by molar-refractivity contribution is -0.142. The summed E-state index contributed by atoms with van der Waals surface area (Å²) in [7, 11) is 0. The van der Waals surface area contributed by atoms with E-state index in [0.29, 0.717) is 36.7 Å². The van der Waals surface area contributed by atoms with E-state index in [0.717, 1.165) is 20.3 Å². The van der Waals surface area contributed by atoms with Crippen LogP contribution in [0.15, 0.2) is 57.6 Å². The zero-order valence-electron chi connectivity index (χ0n) is 18.5. The van der Waals surface area contributed by atoms with Crippen LogP contribution in [0, 0.1) is 5.92 Å². The molecule has 178 valence electrons. The second-order valence-electron chi connectivity index (χ2n) is 8.27. The molecule has 7 nitrogen and oxygen atoms in total. The van der Waals surface area contributed by atoms with Gasteiger partial charge in [-0.05, 0) is 46.3 Å². The molecule has 1 aliphatic heterocycles. The Morgan fingerprint density at radius 1 is 1.24 bits per heavy atom. The molecular formula is C24H23Br2ClN4O3. The molecule has 1 fully saturated rings. The summed E-state index contributed by atoms with van der Waals surface area (Å²) in [6.07, 6.45) is 2.34. The molecule has 2 atom stereocenters. The number of hydrogen-bond acceptors (Lipinski definition) is 5. The van der Waals surface area contributed by atoms with E-state index in [4.69, 9.17) is 16.3 Å². The third kappa shape index (κ3) is 6.13. The first-order valence-electron chi connectivity index (χ1n) is 10.9. The molecule has 0 radical (unpaired) electrons. The van der Waals surface area contributed by atoms with Gasteiger partial charge in [0.05, 0.1) is 35.3 Å². The first kappa shape index (κ1) is 25.0. The molecule has 2 heterocycles. The fourth-order valence-corrected chi connectivity index (χ4v) is 4.70. The number of amides is 1. The van der Waals surface area contributed by atoms with Gasteiger partial charge in [-0.25, -0.2) is 4.68 Å². The van der Waals surface area contributed by atoms with Gasteiger partial charge in [0, 0.05) is 46.4 Å². The van der Waals surface area contributed by atoms with E-state index >= 15 is 0 Å². The van der Waals surface area contributed by atoms with E-state index < -0.39 is 5.92 Å². The lowest BCUT2D eigenvalue weighted by Gasteiger charge is -2.34. The molecule has 1 aliphatic rings. The number of Topliss-reactive ketones (excluding diaryl/α,β-unsaturated/α-hetero) is 1. The van der Waals surface area contributed by atoms with E-state index in [1.807, 2.05) is 30.5 Å². The molecule has 0 saturated carbocycles. The lowest BCUT2D eigenvalue weighted by atomic mass is 9.98. The van der Waals surface area contributed by atoms with Crippen molar-refractivity contribution in [1.82, 2.24) is 19.9 Å². The molecule has 1 aromatic heterocycles. The summed E-state index contributed by atoms with van der Waals surface area (Å²) in [6.45, 7) is 3.21. The highest BCUT2D eigenvalue weighted by Gasteiger charge is 2.29. The topological polar surface area (TPSA) is 77.3 Å². The van der Waals surface area contributed by atoms with Crippen LogP contribution in [0.3, 0.4) is 0 Å². The van der Waals surface area contributed by atoms with Crippen molar-refractivity contribution in [3.63, 3.8) is 0 Å². The number of carbonyl (C=O) groups excluding carboxylic acids is 2. The summed E-state index contributed by atoms with van der Waals surface area (Å²) < 4.78 is 9.20. The number of rotatable bonds is 7. The molecule has 1 saturated heterocycles. The maximum absolute atomic E-state index is 13.0. The van der Waals surface area contributed by atoms with Crippen molar-refractivity contribution >= 4 is 55.2 Å². The Hall–Kier alpha value is -2.07. The summed E-state index contributed by atoms with van der Waals surface area (Å²) in [5.41, 5.74) is 2.16. The Kier molecular flexibility index (Phi) is 8.18. The smallest absolute Gasteiger partial charge is 0.226 e. The van der Waals surface area contributed by atoms with Crippen molar-refractivity contribution in [1.29, 1.82) is 0 Å². The van der Waals surface area contributed by atoms with Crippen molar-refractivity contribution in [2.45, 2.75) is 25.9 Å². The van der Waals surface area contributed by atoms with Crippen LogP contribution in [0.1, 0.15) is 29.4 Å². The summed E-state index contributed by atoms with van der Waals surface area (Å²) in [5.74, 6) is -0.491. The van der Waals surface area contributed by atoms with Gasteiger partial charge in [0.25, 0.3) is 0 Å². The Morgan fingerprint density at radius 2 is 2.06 bits per heavy atom. The standard InChI is InChI=1S/C24H23Br2ClN4O3/c1-15(9-23(32)16-3-2-4-17(25)10-16)24(33)30-7-8-34-20(14-30)11-18-13-31(29-28-18)19-5-6-21(26)22(27)12-19/h2-6,10,12-13,15,20H,7-9,11,14H2,1H3. The Morgan fingerprint density at radius 3 is 2.82 bits per heavy atom. The molecule has 10 heteroatoms. The molecule has 2 unspecified atom stereocenters. The van der Waals surface area contributed by atoms with Crippen molar-refractivity contribution in [2.24, 2.45) is 5.92 Å². The van der Waals surface area contributed by atoms with Gasteiger partial charge in [-0.3, -0.25) is 9.59 Å². The predicted octanol–water partition coefficient (Wildman–Crippen LogP) is 5.12. The normalized spacial score (nSPS) is 16.9. The van der Waals surface area contributed by atoms with E-state index in [9.17, 15) is 9.59 Å². The molecular weight excluding hydrogens is 588 g/mol. The van der Waals surface area contributed by atoms with Crippen LogP contribution in [0.25, 0.3) is 5.69 Å². The van der Waals surface area contributed by atoms with Crippen LogP contribution in [0.5, 0.6) is 0 Å². The molecule has 0 bridgehead atoms. The number of nitrogens with zero attached hydrogens (tertiary/aromatic N) is 4. The number of morpholine rings is 1. The van der Waals surface area contributed by atoms with Crippen molar-refractivity contribution in [3.05, 3.63) is 73.9 Å². The summed E-state index contributed by atoms with van der Waals surface area (Å²) in [4.78, 5) is 27.4. The highest BCUT2D eigenvalue weighted by atomic mass is 79.9. The highest BCUT2D eigenvalue weighted by Crippen LogP contribution is 2.25. The van der Waals surface area contributed by atoms with Crippen LogP contribution in [0.2, 0.25) is 5.02 Å². The number of hydrogen-bond donors (Lipinski definition) is 0. The van der Waals surface area contributed by atoms with E-state index in [2.05, 4.69) is 42.2 Å². The number of halogens is 3. The number of aromatic nitrogens is 3. The zero-order chi connectivity index (χ0) is 24.2. The molecule has 0 N–H and O–H groups in total. The molecule has 34 heavy (non-hydrogen) atoms. The molecule has 0 aliphatic carbocycles. The van der Waals surface area contributed by atoms with Crippen LogP contribution >= 0.6 is 43.5 Å². The van der Waals surface area contributed by atoms with Gasteiger partial charge in [-0.1, -0.05) is 51.8 Å². The fourth-order valence-electron chi connectivity index (χ4n) is 3.88. The molecule has 4 rings (SSSR count). The van der Waals surface area contributed by atoms with E-state index in [1.165, 1.54) is 0 Å². The second kappa shape index (κ2) is 11.1. The SMILES string of the molecule is CC(CC(=O)c1cccc(Br)c1)C(=O)N1CCOC(Cc2cn(-c3ccc(Br)c(Cl)c3)nn2)C1. The molecule has 1 amide bonds. The van der Waals surface area contributed by atoms with Crippen molar-refractivity contribution in [2.75, 3.05) is 19.7 Å². The average molecular weight is 611 g/mol. The Bertz CT molecular complexity index is 1200. The van der Waals surface area contributed by atoms with Gasteiger partial charge in [0.15, 0.2) is 5.78 Å². The van der Waals surface area contributed by atoms with Gasteiger partial charge in [0.1, 0.15) is 0 Å². The molecule has 3 aromatic rings. The van der Waals surface area contributed by atoms with Gasteiger partial charge >= 0.3 is 0 Å². The minimum absolute atomic E-state index is 0.0372. The number of benzene rings is 2. The van der Waals surface area contributed by atoms with Crippen LogP contribution in [-0.2, 0) is 16.0 Å². The van der Waals surface area contributed by atoms with Crippen molar-refractivity contribution in [3.8, 4) is 5.69 Å². The van der Waals surface area contributed by atoms with E-state index in [1.54, 1.807) is 34.7 Å². The maximum atomic E-state index is 13.0. The summed E-state index contributed by atoms with van der Waals surface area (Å²) in [6, 6.07) is 12.8. The quantitative estimate of drug-likeness (QED) is 0.347. The minimum Gasteiger partial charge on any atom is -0.374 e. The van der Waals surface area contributed by atoms with Gasteiger partial charge in [-0.2, -0.15) is 0 Å². The predicted molar refractivity (Wildman–Crippen MR) is 136 cm³/mol. The first-order chi connectivity index (χ1) is 16.3. The Labute approximate surface area is 219 Å². The highest BCUT2D eigenvalue weighted by molar-refractivity contribution is 9.10. The lowest BCUT2D eigenvalue weighted by Crippen LogP contribution is -2.48. The van der Waals surface area contributed by atoms with Gasteiger partial charge < -0.3 is 9.64 Å². The van der Waals surface area contributed by atoms with E-state index in [-0.39, 0.29) is 24.2 Å². The number of ketones is 1. The first-order valence-corrected chi connectivity index (χ1v) is 12.8. The second-order valence-corrected chi connectivity index (χ2v) is 10.4. The van der Waals surface area contributed by atoms with Gasteiger partial charge in [-0.15, -0.1) is 5.10 Å². The zero-order valence-corrected chi connectivity index (χ0v) is 22.4. The third-order valence-electron chi connectivity index (χ3n) is 5.66. The monoisotopic (exact) mass is 608 g/mol. The molecule has 2 aromatic carbocycles. The third-order valence-corrected chi connectivity index (χ3v) is 7.38. The van der Waals surface area contributed by atoms with Crippen LogP contribution in [0.4, 0.5) is 0 Å². The average Bonchev–Trinajstić information content (AvgIpc) is 3.29. The number of ether oxygens (including phenoxy) is 1. The van der Waals surface area contributed by atoms with Gasteiger partial charge in [0.2, 0.25) is 5.91 Å². The largest absolute Gasteiger partial charge is 0.374 e. The fraction of sp³-hybridized carbons (Fsp3) is 0.333. The van der Waals surface area contributed by atoms with Crippen molar-refractivity contribution < 1.29 is 14.3 Å². The van der Waals surface area contributed by atoms with Crippen LogP contribution < -0.4 is 0 Å². The minimum atomic E-state index is -0.409. The molecule has 0 spiro atoms. The Balaban J connectivity index is 1.35. The maximum Gasteiger partial charge on any atom is 0.226 e. The summed E-state index contributed by atoms with van der Waals surface area (Å²) >= 11 is 12.9. The van der Waals surface area contributed by atoms with Crippen LogP contribution in [-0.4, -0.2) is 57.4 Å².